The summed E-state index contributed by atoms with van der Waals surface area (Å²) in [6.07, 6.45) is -1.30. The zero-order valence-corrected chi connectivity index (χ0v) is 24.6. The van der Waals surface area contributed by atoms with Crippen molar-refractivity contribution in [1.29, 1.82) is 0 Å². The van der Waals surface area contributed by atoms with Crippen molar-refractivity contribution in [2.45, 2.75) is 37.4 Å². The van der Waals surface area contributed by atoms with Gasteiger partial charge in [0.15, 0.2) is 18.5 Å². The maximum absolute atomic E-state index is 16.5. The summed E-state index contributed by atoms with van der Waals surface area (Å²) < 4.78 is 35.4. The number of carbonyl (C=O) groups is 3. The molecular formula is C35H29FN4O6. The number of nitrogens with zero attached hydrogens (tertiary/aromatic N) is 4. The van der Waals surface area contributed by atoms with Crippen LogP contribution in [0.4, 0.5) is 10.2 Å². The molecule has 1 saturated heterocycles. The maximum atomic E-state index is 16.5. The average Bonchev–Trinajstić information content (AvgIpc) is 3.55. The molecule has 46 heavy (non-hydrogen) atoms. The Morgan fingerprint density at radius 2 is 1.48 bits per heavy atom. The Balaban J connectivity index is 1.21. The quantitative estimate of drug-likeness (QED) is 0.224. The van der Waals surface area contributed by atoms with Gasteiger partial charge in [-0.1, -0.05) is 54.6 Å². The summed E-state index contributed by atoms with van der Waals surface area (Å²) in [5.41, 5.74) is 2.30. The molecule has 5 aromatic rings. The number of rotatable bonds is 7. The van der Waals surface area contributed by atoms with Crippen LogP contribution in [-0.4, -0.2) is 63.9 Å². The van der Waals surface area contributed by atoms with E-state index in [0.717, 1.165) is 5.56 Å². The number of halogens is 1. The van der Waals surface area contributed by atoms with Crippen LogP contribution in [0.5, 0.6) is 0 Å². The maximum Gasteiger partial charge on any atom is 0.338 e. The monoisotopic (exact) mass is 620 g/mol. The van der Waals surface area contributed by atoms with E-state index in [-0.39, 0.29) is 18.1 Å². The Morgan fingerprint density at radius 3 is 2.15 bits per heavy atom. The zero-order valence-electron chi connectivity index (χ0n) is 24.6. The van der Waals surface area contributed by atoms with E-state index in [0.29, 0.717) is 47.4 Å². The molecule has 3 aromatic carbocycles. The molecule has 232 valence electrons. The van der Waals surface area contributed by atoms with E-state index < -0.39 is 36.5 Å². The highest BCUT2D eigenvalue weighted by Crippen LogP contribution is 2.40. The summed E-state index contributed by atoms with van der Waals surface area (Å²) in [6, 6.07) is 25.6. The molecule has 1 fully saturated rings. The lowest BCUT2D eigenvalue weighted by Crippen LogP contribution is -2.37. The second-order valence-electron chi connectivity index (χ2n) is 11.1. The highest BCUT2D eigenvalue weighted by molar-refractivity contribution is 6.10. The van der Waals surface area contributed by atoms with E-state index in [2.05, 4.69) is 9.97 Å². The van der Waals surface area contributed by atoms with Gasteiger partial charge in [-0.2, -0.15) is 0 Å². The minimum Gasteiger partial charge on any atom is -0.459 e. The predicted octanol–water partition coefficient (Wildman–Crippen LogP) is 5.34. The second kappa shape index (κ2) is 12.5. The van der Waals surface area contributed by atoms with Crippen LogP contribution >= 0.6 is 0 Å². The first kappa shape index (κ1) is 29.3. The van der Waals surface area contributed by atoms with Crippen LogP contribution in [0.3, 0.4) is 0 Å². The summed E-state index contributed by atoms with van der Waals surface area (Å²) in [5.74, 6) is -1.12. The number of benzene rings is 3. The molecule has 1 amide bonds. The molecular weight excluding hydrogens is 591 g/mol. The summed E-state index contributed by atoms with van der Waals surface area (Å²) in [6.45, 7) is 0.0928. The predicted molar refractivity (Wildman–Crippen MR) is 165 cm³/mol. The zero-order chi connectivity index (χ0) is 31.6. The van der Waals surface area contributed by atoms with E-state index in [4.69, 9.17) is 14.2 Å². The van der Waals surface area contributed by atoms with Gasteiger partial charge >= 0.3 is 11.9 Å². The molecule has 10 nitrogen and oxygen atoms in total. The van der Waals surface area contributed by atoms with Gasteiger partial charge in [0, 0.05) is 18.3 Å². The van der Waals surface area contributed by atoms with Crippen LogP contribution in [0.25, 0.3) is 11.0 Å². The smallest absolute Gasteiger partial charge is 0.338 e. The van der Waals surface area contributed by atoms with Gasteiger partial charge in [-0.3, -0.25) is 9.69 Å². The molecule has 4 atom stereocenters. The largest absolute Gasteiger partial charge is 0.459 e. The number of aryl methyl sites for hydroxylation is 1. The molecule has 1 unspecified atom stereocenters. The third-order valence-electron chi connectivity index (χ3n) is 8.20. The molecule has 4 heterocycles. The van der Waals surface area contributed by atoms with Crippen LogP contribution in [0.15, 0.2) is 104 Å². The molecule has 0 bridgehead atoms. The molecule has 2 aromatic heterocycles. The van der Waals surface area contributed by atoms with Crippen molar-refractivity contribution in [2.24, 2.45) is 0 Å². The molecule has 0 aliphatic carbocycles. The van der Waals surface area contributed by atoms with Crippen molar-refractivity contribution in [2.75, 3.05) is 18.1 Å². The SMILES string of the molecule is O=C(OC[C@H]1O[C@@H](n2cc3c4c(ncnc42)N(C(=O)c2ccccc2)CCC3)C(F)[C@H]1OC(=O)c1ccccc1)c1ccccc1. The Kier molecular flexibility index (Phi) is 7.98. The highest BCUT2D eigenvalue weighted by Gasteiger charge is 2.50. The molecule has 0 saturated carbocycles. The fraction of sp³-hybridized carbons (Fsp3) is 0.229. The Labute approximate surface area is 263 Å². The van der Waals surface area contributed by atoms with E-state index in [9.17, 15) is 14.4 Å². The summed E-state index contributed by atoms with van der Waals surface area (Å²) in [7, 11) is 0. The minimum atomic E-state index is -1.85. The number of hydrogen-bond donors (Lipinski definition) is 0. The molecule has 0 spiro atoms. The first-order valence-electron chi connectivity index (χ1n) is 15.0. The lowest BCUT2D eigenvalue weighted by atomic mass is 10.1. The van der Waals surface area contributed by atoms with E-state index in [1.807, 2.05) is 6.07 Å². The molecule has 11 heteroatoms. The number of alkyl halides is 1. The fourth-order valence-electron chi connectivity index (χ4n) is 5.97. The van der Waals surface area contributed by atoms with E-state index in [1.165, 1.54) is 6.33 Å². The summed E-state index contributed by atoms with van der Waals surface area (Å²) in [4.78, 5) is 49.9. The van der Waals surface area contributed by atoms with Gasteiger partial charge in [0.25, 0.3) is 5.91 Å². The van der Waals surface area contributed by atoms with Crippen LogP contribution in [0.1, 0.15) is 49.3 Å². The number of hydrogen-bond acceptors (Lipinski definition) is 8. The van der Waals surface area contributed by atoms with Gasteiger partial charge in [0.05, 0.1) is 16.5 Å². The van der Waals surface area contributed by atoms with Crippen molar-refractivity contribution < 1.29 is 33.0 Å². The van der Waals surface area contributed by atoms with Gasteiger partial charge in [-0.15, -0.1) is 0 Å². The van der Waals surface area contributed by atoms with Crippen molar-refractivity contribution >= 4 is 34.7 Å². The molecule has 2 aliphatic heterocycles. The number of esters is 2. The lowest BCUT2D eigenvalue weighted by Gasteiger charge is -2.22. The van der Waals surface area contributed by atoms with Gasteiger partial charge in [-0.25, -0.2) is 23.9 Å². The van der Waals surface area contributed by atoms with Gasteiger partial charge in [-0.05, 0) is 54.8 Å². The third kappa shape index (κ3) is 5.49. The lowest BCUT2D eigenvalue weighted by molar-refractivity contribution is -0.0569. The van der Waals surface area contributed by atoms with Crippen molar-refractivity contribution in [3.63, 3.8) is 0 Å². The molecule has 7 rings (SSSR count). The molecule has 0 N–H and O–H groups in total. The van der Waals surface area contributed by atoms with Crippen LogP contribution in [-0.2, 0) is 20.6 Å². The van der Waals surface area contributed by atoms with Crippen LogP contribution < -0.4 is 4.90 Å². The van der Waals surface area contributed by atoms with Crippen LogP contribution in [0, 0.1) is 0 Å². The topological polar surface area (TPSA) is 113 Å². The standard InChI is InChI=1S/C35H29FN4O6/c36-28-29(46-35(43)24-15-8-3-9-16-24)26(20-44-34(42)23-13-6-2-7-14-23)45-33(28)40-19-25-17-10-18-39(30-27(25)31(40)38-21-37-30)32(41)22-11-4-1-5-12-22/h1-9,11-16,19,21,26,28-29,33H,10,17-18,20H2/t26-,28?,29+,33-/m1/s1. The number of anilines is 1. The second-order valence-corrected chi connectivity index (χ2v) is 11.1. The van der Waals surface area contributed by atoms with Crippen molar-refractivity contribution in [1.82, 2.24) is 14.5 Å². The van der Waals surface area contributed by atoms with Crippen LogP contribution in [0.2, 0.25) is 0 Å². The highest BCUT2D eigenvalue weighted by atomic mass is 19.1. The Hall–Kier alpha value is -5.42. The Morgan fingerprint density at radius 1 is 0.848 bits per heavy atom. The van der Waals surface area contributed by atoms with E-state index in [1.54, 1.807) is 101 Å². The minimum absolute atomic E-state index is 0.199. The van der Waals surface area contributed by atoms with Crippen molar-refractivity contribution in [3.05, 3.63) is 126 Å². The Bertz CT molecular complexity index is 1890. The average molecular weight is 621 g/mol. The van der Waals surface area contributed by atoms with Gasteiger partial charge in [0.1, 0.15) is 30.5 Å². The number of ether oxygens (including phenoxy) is 3. The molecule has 2 aliphatic rings. The first-order valence-corrected chi connectivity index (χ1v) is 15.0. The summed E-state index contributed by atoms with van der Waals surface area (Å²) in [5, 5.41) is 0.622. The fourth-order valence-corrected chi connectivity index (χ4v) is 5.97. The van der Waals surface area contributed by atoms with Crippen molar-refractivity contribution in [3.8, 4) is 0 Å². The van der Waals surface area contributed by atoms with E-state index >= 15 is 4.39 Å². The summed E-state index contributed by atoms with van der Waals surface area (Å²) >= 11 is 0. The van der Waals surface area contributed by atoms with Gasteiger partial charge < -0.3 is 18.8 Å². The van der Waals surface area contributed by atoms with Gasteiger partial charge in [0.2, 0.25) is 0 Å². The third-order valence-corrected chi connectivity index (χ3v) is 8.20. The number of carbonyl (C=O) groups excluding carboxylic acids is 3. The number of amides is 1. The normalized spacial score (nSPS) is 20.7. The number of aromatic nitrogens is 3. The molecule has 0 radical (unpaired) electrons. The first-order chi connectivity index (χ1) is 22.5.